The fourth-order valence-electron chi connectivity index (χ4n) is 13.7. The monoisotopic (exact) mass is 855 g/mol. The third-order valence-electron chi connectivity index (χ3n) is 16.6. The van der Waals surface area contributed by atoms with Gasteiger partial charge in [-0.1, -0.05) is 151 Å². The van der Waals surface area contributed by atoms with Gasteiger partial charge in [-0.15, -0.1) is 0 Å². The van der Waals surface area contributed by atoms with E-state index in [1.807, 2.05) is 0 Å². The Labute approximate surface area is 346 Å². The smallest absolute Gasteiger partial charge is 0.186 e. The predicted molar refractivity (Wildman–Crippen MR) is 221 cm³/mol. The second-order valence-electron chi connectivity index (χ2n) is 19.7. The molecule has 0 spiro atoms. The lowest BCUT2D eigenvalue weighted by Gasteiger charge is -3.11. The number of hydrazine groups is 1. The van der Waals surface area contributed by atoms with Crippen LogP contribution in [0.15, 0.2) is 0 Å². The first-order valence-electron chi connectivity index (χ1n) is 23.7. The van der Waals surface area contributed by atoms with Crippen LogP contribution in [0.1, 0.15) is 161 Å². The molecule has 8 aliphatic rings. The van der Waals surface area contributed by atoms with Crippen molar-refractivity contribution in [1.29, 1.82) is 0 Å². The van der Waals surface area contributed by atoms with Gasteiger partial charge in [0.15, 0.2) is 6.29 Å². The third kappa shape index (κ3) is 8.23. The van der Waals surface area contributed by atoms with Crippen LogP contribution >= 0.6 is 15.9 Å². The molecule has 2 aliphatic heterocycles. The van der Waals surface area contributed by atoms with Gasteiger partial charge >= 0.3 is 0 Å². The summed E-state index contributed by atoms with van der Waals surface area (Å²) >= 11 is 4.15. The molecule has 0 aromatic rings. The number of ether oxygens (including phenoxy) is 2. The van der Waals surface area contributed by atoms with Crippen molar-refractivity contribution in [2.24, 2.45) is 46.8 Å². The molecule has 0 aromatic heterocycles. The van der Waals surface area contributed by atoms with Gasteiger partial charge in [-0.3, -0.25) is 10.9 Å². The maximum Gasteiger partial charge on any atom is 0.186 e. The summed E-state index contributed by atoms with van der Waals surface area (Å²) in [6, 6.07) is 0.0681. The lowest BCUT2D eigenvalue weighted by Crippen LogP contribution is -3.11. The van der Waals surface area contributed by atoms with E-state index in [1.54, 1.807) is 0 Å². The van der Waals surface area contributed by atoms with Crippen LogP contribution in [0.4, 0.5) is 0 Å². The number of alkyl halides is 1. The Morgan fingerprint density at radius 2 is 1.29 bits per heavy atom. The fraction of sp³-hybridized carbons (Fsp3) is 1.00. The molecule has 324 valence electrons. The maximum atomic E-state index is 11.5. The van der Waals surface area contributed by atoms with Crippen LogP contribution in [0, 0.1) is 46.8 Å². The van der Waals surface area contributed by atoms with Crippen molar-refractivity contribution >= 4 is 15.9 Å². The Kier molecular flexibility index (Phi) is 15.7. The molecule has 0 aromatic carbocycles. The quantitative estimate of drug-likeness (QED) is 0.0296. The molecule has 0 amide bonds. The first kappa shape index (κ1) is 44.1. The summed E-state index contributed by atoms with van der Waals surface area (Å²) in [4.78, 5) is 0. The second kappa shape index (κ2) is 19.9. The largest absolute Gasteiger partial charge is 0.394 e. The number of nitrogens with one attached hydrogen (secondary N) is 2. The number of halogens is 1. The van der Waals surface area contributed by atoms with Gasteiger partial charge in [0.25, 0.3) is 0 Å². The molecule has 0 radical (unpaired) electrons. The molecule has 14 atom stereocenters. The van der Waals surface area contributed by atoms with Crippen molar-refractivity contribution in [1.82, 2.24) is 10.9 Å². The van der Waals surface area contributed by atoms with Crippen LogP contribution in [0.2, 0.25) is 0 Å². The molecule has 6 aliphatic carbocycles. The molecule has 11 heteroatoms. The molecule has 2 saturated heterocycles. The molecule has 56 heavy (non-hydrogen) atoms. The van der Waals surface area contributed by atoms with E-state index >= 15 is 0 Å². The van der Waals surface area contributed by atoms with E-state index in [9.17, 15) is 30.6 Å². The molecular weight excluding hydrogens is 776 g/mol. The SMILES string of the molecule is CCCCCCCCCCCCCC[C@@H](O)[C@@H](O)[C@H](COC1OC(CO)C(O)C(O)C1O)C1CC(CCCCCCCCCCC23C4C5C6C4C2C6(Br)C53)NN1. The highest BCUT2D eigenvalue weighted by molar-refractivity contribution is 9.10. The van der Waals surface area contributed by atoms with E-state index in [2.05, 4.69) is 33.7 Å². The zero-order chi connectivity index (χ0) is 39.5. The maximum absolute atomic E-state index is 11.5. The summed E-state index contributed by atoms with van der Waals surface area (Å²) in [6.45, 7) is 1.68. The van der Waals surface area contributed by atoms with Gasteiger partial charge in [-0.2, -0.15) is 0 Å². The van der Waals surface area contributed by atoms with Crippen LogP contribution in [-0.4, -0.2) is 103 Å². The van der Waals surface area contributed by atoms with E-state index in [0.717, 1.165) is 79.4 Å². The molecule has 2 heterocycles. The Bertz CT molecular complexity index is 1190. The average Bonchev–Trinajstić information content (AvgIpc) is 3.67. The van der Waals surface area contributed by atoms with E-state index in [-0.39, 0.29) is 18.7 Å². The first-order chi connectivity index (χ1) is 27.2. The Morgan fingerprint density at radius 1 is 0.714 bits per heavy atom. The van der Waals surface area contributed by atoms with Crippen molar-refractivity contribution in [3.63, 3.8) is 0 Å². The van der Waals surface area contributed by atoms with Crippen molar-refractivity contribution in [2.45, 2.75) is 220 Å². The van der Waals surface area contributed by atoms with E-state index in [1.165, 1.54) is 109 Å². The van der Waals surface area contributed by atoms with Crippen LogP contribution < -0.4 is 10.9 Å². The van der Waals surface area contributed by atoms with Gasteiger partial charge in [-0.05, 0) is 66.6 Å². The Balaban J connectivity index is 0.766. The highest BCUT2D eigenvalue weighted by atomic mass is 79.9. The minimum absolute atomic E-state index is 0.0348. The zero-order valence-corrected chi connectivity index (χ0v) is 36.1. The Hall–Kier alpha value is 0.0800. The average molecular weight is 856 g/mol. The summed E-state index contributed by atoms with van der Waals surface area (Å²) in [5.41, 5.74) is 7.62. The fourth-order valence-corrected chi connectivity index (χ4v) is 15.8. The Morgan fingerprint density at radius 3 is 1.88 bits per heavy atom. The summed E-state index contributed by atoms with van der Waals surface area (Å²) in [6.07, 6.45) is 20.3. The minimum atomic E-state index is -1.54. The number of hydrogen-bond acceptors (Lipinski definition) is 10. The molecule has 11 unspecified atom stereocenters. The lowest BCUT2D eigenvalue weighted by atomic mass is 8.96. The van der Waals surface area contributed by atoms with Crippen molar-refractivity contribution < 1.29 is 40.1 Å². The predicted octanol–water partition coefficient (Wildman–Crippen LogP) is 6.25. The molecule has 8 N–H and O–H groups in total. The molecule has 6 saturated carbocycles. The van der Waals surface area contributed by atoms with Gasteiger partial charge < -0.3 is 40.1 Å². The highest BCUT2D eigenvalue weighted by Gasteiger charge is 3.08. The molecule has 8 rings (SSSR count). The minimum Gasteiger partial charge on any atom is -0.394 e. The van der Waals surface area contributed by atoms with Crippen LogP contribution in [0.3, 0.4) is 0 Å². The van der Waals surface area contributed by atoms with Crippen molar-refractivity contribution in [3.8, 4) is 0 Å². The molecule has 10 nitrogen and oxygen atoms in total. The second-order valence-corrected chi connectivity index (χ2v) is 21.1. The van der Waals surface area contributed by atoms with Gasteiger partial charge in [-0.25, -0.2) is 0 Å². The van der Waals surface area contributed by atoms with Crippen LogP contribution in [0.5, 0.6) is 0 Å². The third-order valence-corrected chi connectivity index (χ3v) is 18.1. The van der Waals surface area contributed by atoms with Crippen LogP contribution in [0.25, 0.3) is 0 Å². The topological polar surface area (TPSA) is 164 Å². The standard InChI is InChI=1S/C45H79BrN2O8/c1-2-3-4-5-6-7-8-9-10-14-17-20-23-31(50)37(51)29(27-55-43-40(54)39(53)38(52)32(26-49)56-43)30-25-28(47-48-30)22-19-16-13-11-12-15-18-21-24-44-35-33-36-34(35)42(44)45(36,46)41(33)44/h28-43,47-54H,2-27H2,1H3/t28?,29-,30?,31-,32?,33?,34?,35?,36?,37+,38?,39?,40?,41?,42?,43?,44?,45?/m1/s1. The summed E-state index contributed by atoms with van der Waals surface area (Å²) in [5, 5.41) is 63.4. The number of aliphatic hydroxyl groups excluding tert-OH is 6. The van der Waals surface area contributed by atoms with Gasteiger partial charge in [0, 0.05) is 22.3 Å². The van der Waals surface area contributed by atoms with Gasteiger partial charge in [0.2, 0.25) is 0 Å². The molecular formula is C45H79BrN2O8. The first-order valence-corrected chi connectivity index (χ1v) is 24.5. The molecule has 0 bridgehead atoms. The summed E-state index contributed by atoms with van der Waals surface area (Å²) in [5.74, 6) is 6.17. The molecule has 8 fully saturated rings. The summed E-state index contributed by atoms with van der Waals surface area (Å²) in [7, 11) is 0. The normalized spacial score (nSPS) is 42.5. The summed E-state index contributed by atoms with van der Waals surface area (Å²) < 4.78 is 12.2. The zero-order valence-electron chi connectivity index (χ0n) is 34.5. The van der Waals surface area contributed by atoms with Crippen LogP contribution in [-0.2, 0) is 9.47 Å². The highest BCUT2D eigenvalue weighted by Crippen LogP contribution is 3.09. The van der Waals surface area contributed by atoms with E-state index < -0.39 is 55.4 Å². The van der Waals surface area contributed by atoms with E-state index in [0.29, 0.717) is 10.7 Å². The number of unbranched alkanes of at least 4 members (excludes halogenated alkanes) is 18. The van der Waals surface area contributed by atoms with Crippen molar-refractivity contribution in [3.05, 3.63) is 0 Å². The van der Waals surface area contributed by atoms with Gasteiger partial charge in [0.05, 0.1) is 25.4 Å². The number of rotatable bonds is 31. The van der Waals surface area contributed by atoms with Gasteiger partial charge in [0.1, 0.15) is 24.4 Å². The lowest BCUT2D eigenvalue weighted by molar-refractivity contribution is -0.595. The number of hydrogen-bond donors (Lipinski definition) is 8. The number of aliphatic hydroxyl groups is 6. The van der Waals surface area contributed by atoms with Crippen molar-refractivity contribution in [2.75, 3.05) is 13.2 Å². The van der Waals surface area contributed by atoms with E-state index in [4.69, 9.17) is 9.47 Å².